The zero-order valence-corrected chi connectivity index (χ0v) is 9.37. The molecule has 0 saturated heterocycles. The smallest absolute Gasteiger partial charge is 0.323 e. The molecule has 0 aliphatic heterocycles. The molecule has 1 unspecified atom stereocenters. The molecule has 0 aromatic rings. The molecule has 3 N–H and O–H groups in total. The van der Waals surface area contributed by atoms with Crippen molar-refractivity contribution in [3.05, 3.63) is 0 Å². The van der Waals surface area contributed by atoms with Crippen LogP contribution in [0.4, 0.5) is 0 Å². The fourth-order valence-corrected chi connectivity index (χ4v) is 1.85. The third kappa shape index (κ3) is 4.18. The van der Waals surface area contributed by atoms with Crippen molar-refractivity contribution in [1.82, 2.24) is 0 Å². The Labute approximate surface area is 90.8 Å². The highest BCUT2D eigenvalue weighted by Gasteiger charge is 2.27. The Morgan fingerprint density at radius 2 is 2.13 bits per heavy atom. The van der Waals surface area contributed by atoms with Gasteiger partial charge in [0.1, 0.15) is 5.54 Å². The lowest BCUT2D eigenvalue weighted by Gasteiger charge is -2.19. The molecule has 0 aromatic heterocycles. The predicted molar refractivity (Wildman–Crippen MR) is 57.7 cm³/mol. The van der Waals surface area contributed by atoms with Crippen molar-refractivity contribution in [1.29, 1.82) is 0 Å². The van der Waals surface area contributed by atoms with E-state index in [4.69, 9.17) is 15.6 Å². The molecule has 1 saturated carbocycles. The summed E-state index contributed by atoms with van der Waals surface area (Å²) in [5.41, 5.74) is 4.49. The molecule has 1 aliphatic rings. The van der Waals surface area contributed by atoms with E-state index in [-0.39, 0.29) is 0 Å². The van der Waals surface area contributed by atoms with Crippen molar-refractivity contribution < 1.29 is 14.6 Å². The molecule has 1 fully saturated rings. The Morgan fingerprint density at radius 1 is 1.53 bits per heavy atom. The van der Waals surface area contributed by atoms with Gasteiger partial charge < -0.3 is 15.6 Å². The Hall–Kier alpha value is -0.610. The van der Waals surface area contributed by atoms with Crippen LogP contribution in [0, 0.1) is 0 Å². The maximum Gasteiger partial charge on any atom is 0.323 e. The molecule has 88 valence electrons. The summed E-state index contributed by atoms with van der Waals surface area (Å²) in [6.45, 7) is 2.18. The number of carboxylic acids is 1. The van der Waals surface area contributed by atoms with Crippen LogP contribution in [0.3, 0.4) is 0 Å². The van der Waals surface area contributed by atoms with Crippen LogP contribution in [-0.2, 0) is 9.53 Å². The van der Waals surface area contributed by atoms with E-state index >= 15 is 0 Å². The lowest BCUT2D eigenvalue weighted by molar-refractivity contribution is -0.143. The topological polar surface area (TPSA) is 72.5 Å². The molecule has 0 radical (unpaired) electrons. The van der Waals surface area contributed by atoms with Crippen LogP contribution in [0.25, 0.3) is 0 Å². The van der Waals surface area contributed by atoms with Crippen LogP contribution in [0.5, 0.6) is 0 Å². The van der Waals surface area contributed by atoms with Crippen LogP contribution >= 0.6 is 0 Å². The minimum absolute atomic E-state index is 0.402. The number of carboxylic acid groups (broad SMARTS) is 1. The van der Waals surface area contributed by atoms with E-state index in [9.17, 15) is 4.79 Å². The van der Waals surface area contributed by atoms with E-state index in [1.807, 2.05) is 0 Å². The lowest BCUT2D eigenvalue weighted by atomic mass is 9.98. The second kappa shape index (κ2) is 5.47. The van der Waals surface area contributed by atoms with Crippen LogP contribution < -0.4 is 5.73 Å². The highest BCUT2D eigenvalue weighted by atomic mass is 16.5. The largest absolute Gasteiger partial charge is 0.480 e. The van der Waals surface area contributed by atoms with Gasteiger partial charge in [0.2, 0.25) is 0 Å². The Bertz CT molecular complexity index is 210. The highest BCUT2D eigenvalue weighted by molar-refractivity contribution is 5.77. The van der Waals surface area contributed by atoms with Gasteiger partial charge in [-0.15, -0.1) is 0 Å². The van der Waals surface area contributed by atoms with Crippen LogP contribution in [0.1, 0.15) is 45.4 Å². The number of nitrogens with two attached hydrogens (primary N) is 1. The monoisotopic (exact) mass is 215 g/mol. The minimum atomic E-state index is -1.11. The summed E-state index contributed by atoms with van der Waals surface area (Å²) >= 11 is 0. The van der Waals surface area contributed by atoms with Gasteiger partial charge in [-0.1, -0.05) is 12.8 Å². The molecule has 15 heavy (non-hydrogen) atoms. The number of aliphatic carboxylic acids is 1. The Kier molecular flexibility index (Phi) is 4.54. The molecule has 0 bridgehead atoms. The van der Waals surface area contributed by atoms with Crippen molar-refractivity contribution >= 4 is 5.97 Å². The molecule has 0 heterocycles. The third-order valence-corrected chi connectivity index (χ3v) is 2.98. The van der Waals surface area contributed by atoms with E-state index in [0.29, 0.717) is 19.1 Å². The van der Waals surface area contributed by atoms with Crippen molar-refractivity contribution in [2.75, 3.05) is 6.61 Å². The van der Waals surface area contributed by atoms with Gasteiger partial charge in [-0.3, -0.25) is 4.79 Å². The molecule has 1 rings (SSSR count). The molecule has 4 heteroatoms. The first kappa shape index (κ1) is 12.5. The first-order valence-corrected chi connectivity index (χ1v) is 5.66. The third-order valence-electron chi connectivity index (χ3n) is 2.98. The molecule has 0 aromatic carbocycles. The first-order valence-electron chi connectivity index (χ1n) is 5.66. The quantitative estimate of drug-likeness (QED) is 0.659. The summed E-state index contributed by atoms with van der Waals surface area (Å²) in [5, 5.41) is 8.79. The molecule has 1 atom stereocenters. The number of hydrogen-bond acceptors (Lipinski definition) is 3. The van der Waals surface area contributed by atoms with Crippen molar-refractivity contribution in [2.45, 2.75) is 57.1 Å². The Morgan fingerprint density at radius 3 is 2.67 bits per heavy atom. The maximum atomic E-state index is 10.7. The van der Waals surface area contributed by atoms with E-state index in [0.717, 1.165) is 19.3 Å². The second-order valence-electron chi connectivity index (χ2n) is 4.60. The second-order valence-corrected chi connectivity index (χ2v) is 4.60. The van der Waals surface area contributed by atoms with E-state index in [1.54, 1.807) is 6.92 Å². The van der Waals surface area contributed by atoms with Gasteiger partial charge in [0, 0.05) is 6.61 Å². The van der Waals surface area contributed by atoms with Gasteiger partial charge in [-0.25, -0.2) is 0 Å². The van der Waals surface area contributed by atoms with Gasteiger partial charge in [0.25, 0.3) is 0 Å². The molecule has 4 nitrogen and oxygen atoms in total. The van der Waals surface area contributed by atoms with Gasteiger partial charge in [-0.05, 0) is 32.6 Å². The summed E-state index contributed by atoms with van der Waals surface area (Å²) in [6, 6.07) is 0. The molecular formula is C11H21NO3. The molecule has 0 spiro atoms. The number of carbonyl (C=O) groups is 1. The van der Waals surface area contributed by atoms with Gasteiger partial charge in [0.15, 0.2) is 0 Å². The fraction of sp³-hybridized carbons (Fsp3) is 0.909. The summed E-state index contributed by atoms with van der Waals surface area (Å²) in [5.74, 6) is -0.941. The van der Waals surface area contributed by atoms with Crippen LogP contribution in [0.15, 0.2) is 0 Å². The summed E-state index contributed by atoms with van der Waals surface area (Å²) in [7, 11) is 0. The zero-order chi connectivity index (χ0) is 11.3. The minimum Gasteiger partial charge on any atom is -0.480 e. The SMILES string of the molecule is CC(N)(CCCOC1CCCC1)C(=O)O. The van der Waals surface area contributed by atoms with Crippen molar-refractivity contribution in [3.63, 3.8) is 0 Å². The van der Waals surface area contributed by atoms with Crippen LogP contribution in [0.2, 0.25) is 0 Å². The average molecular weight is 215 g/mol. The number of hydrogen-bond donors (Lipinski definition) is 2. The van der Waals surface area contributed by atoms with Gasteiger partial charge in [-0.2, -0.15) is 0 Å². The van der Waals surface area contributed by atoms with Crippen molar-refractivity contribution in [3.8, 4) is 0 Å². The maximum absolute atomic E-state index is 10.7. The first-order chi connectivity index (χ1) is 7.02. The number of rotatable bonds is 6. The van der Waals surface area contributed by atoms with E-state index in [2.05, 4.69) is 0 Å². The summed E-state index contributed by atoms with van der Waals surface area (Å²) < 4.78 is 5.63. The fourth-order valence-electron chi connectivity index (χ4n) is 1.85. The van der Waals surface area contributed by atoms with Crippen LogP contribution in [-0.4, -0.2) is 29.3 Å². The van der Waals surface area contributed by atoms with E-state index < -0.39 is 11.5 Å². The molecular weight excluding hydrogens is 194 g/mol. The Balaban J connectivity index is 2.08. The normalized spacial score (nSPS) is 21.5. The highest BCUT2D eigenvalue weighted by Crippen LogP contribution is 2.21. The summed E-state index contributed by atoms with van der Waals surface area (Å²) in [6.07, 6.45) is 6.41. The number of ether oxygens (including phenoxy) is 1. The zero-order valence-electron chi connectivity index (χ0n) is 9.37. The van der Waals surface area contributed by atoms with Gasteiger partial charge in [0.05, 0.1) is 6.10 Å². The summed E-state index contributed by atoms with van der Waals surface area (Å²) in [4.78, 5) is 10.7. The lowest BCUT2D eigenvalue weighted by Crippen LogP contribution is -2.44. The van der Waals surface area contributed by atoms with Gasteiger partial charge >= 0.3 is 5.97 Å². The standard InChI is InChI=1S/C11H21NO3/c1-11(12,10(13)14)7-4-8-15-9-5-2-3-6-9/h9H,2-8,12H2,1H3,(H,13,14). The van der Waals surface area contributed by atoms with E-state index in [1.165, 1.54) is 12.8 Å². The average Bonchev–Trinajstić information content (AvgIpc) is 2.64. The molecule has 1 aliphatic carbocycles. The molecule has 0 amide bonds. The van der Waals surface area contributed by atoms with Crippen molar-refractivity contribution in [2.24, 2.45) is 5.73 Å². The predicted octanol–water partition coefficient (Wildman–Crippen LogP) is 1.53.